The fourth-order valence-electron chi connectivity index (χ4n) is 4.17. The molecule has 11 heteroatoms. The fraction of sp³-hybridized carbons (Fsp3) is 0.200. The number of aromatic nitrogens is 2. The van der Waals surface area contributed by atoms with Crippen molar-refractivity contribution in [2.45, 2.75) is 25.9 Å². The quantitative estimate of drug-likeness (QED) is 0.162. The number of fused-ring (bicyclic) bond motifs is 1. The molecular formula is C30H26Cl2FN3O5. The molecule has 0 bridgehead atoms. The van der Waals surface area contributed by atoms with Gasteiger partial charge in [0.05, 0.1) is 22.8 Å². The van der Waals surface area contributed by atoms with E-state index < -0.39 is 6.10 Å². The van der Waals surface area contributed by atoms with E-state index in [0.717, 1.165) is 27.8 Å². The van der Waals surface area contributed by atoms with Gasteiger partial charge < -0.3 is 25.0 Å². The Morgan fingerprint density at radius 3 is 2.46 bits per heavy atom. The highest BCUT2D eigenvalue weighted by molar-refractivity contribution is 6.34. The summed E-state index contributed by atoms with van der Waals surface area (Å²) < 4.78 is 30.4. The number of nitrogens with one attached hydrogen (secondary N) is 1. The average Bonchev–Trinajstić information content (AvgIpc) is 3.45. The van der Waals surface area contributed by atoms with Crippen molar-refractivity contribution in [3.05, 3.63) is 105 Å². The maximum Gasteiger partial charge on any atom is 0.142 e. The van der Waals surface area contributed by atoms with E-state index >= 15 is 0 Å². The normalized spacial score (nSPS) is 12.0. The third-order valence-electron chi connectivity index (χ3n) is 6.35. The minimum atomic E-state index is -0.893. The Morgan fingerprint density at radius 2 is 1.66 bits per heavy atom. The molecule has 0 aliphatic heterocycles. The lowest BCUT2D eigenvalue weighted by atomic mass is 10.0. The smallest absolute Gasteiger partial charge is 0.142 e. The SMILES string of the molecule is OCC(O)CNCc1cc(Cl)c(OCc2cccc(-c3ccc(F)cc3)c2Cl)cc1OCc1ccc2nonc2c1. The molecule has 1 heterocycles. The van der Waals surface area contributed by atoms with Crippen molar-refractivity contribution >= 4 is 34.2 Å². The number of rotatable bonds is 12. The number of benzene rings is 4. The number of aliphatic hydroxyl groups excluding tert-OH is 2. The molecule has 0 aliphatic carbocycles. The number of hydrogen-bond acceptors (Lipinski definition) is 8. The van der Waals surface area contributed by atoms with Crippen molar-refractivity contribution in [3.63, 3.8) is 0 Å². The fourth-order valence-corrected chi connectivity index (χ4v) is 4.71. The summed E-state index contributed by atoms with van der Waals surface area (Å²) in [6, 6.07) is 20.6. The Morgan fingerprint density at radius 1 is 0.878 bits per heavy atom. The molecule has 8 nitrogen and oxygen atoms in total. The molecule has 1 aromatic heterocycles. The third-order valence-corrected chi connectivity index (χ3v) is 7.09. The van der Waals surface area contributed by atoms with Crippen LogP contribution in [0.2, 0.25) is 10.0 Å². The first-order valence-corrected chi connectivity index (χ1v) is 13.5. The summed E-state index contributed by atoms with van der Waals surface area (Å²) in [4.78, 5) is 0. The summed E-state index contributed by atoms with van der Waals surface area (Å²) in [6.45, 7) is 0.508. The van der Waals surface area contributed by atoms with Crippen LogP contribution >= 0.6 is 23.2 Å². The van der Waals surface area contributed by atoms with Crippen LogP contribution in [0.4, 0.5) is 4.39 Å². The number of hydrogen-bond donors (Lipinski definition) is 3. The van der Waals surface area contributed by atoms with Crippen molar-refractivity contribution in [2.24, 2.45) is 0 Å². The Hall–Kier alpha value is -3.73. The predicted molar refractivity (Wildman–Crippen MR) is 154 cm³/mol. The van der Waals surface area contributed by atoms with Crippen LogP contribution in [0.1, 0.15) is 16.7 Å². The van der Waals surface area contributed by atoms with Gasteiger partial charge >= 0.3 is 0 Å². The summed E-state index contributed by atoms with van der Waals surface area (Å²) >= 11 is 13.3. The number of nitrogens with zero attached hydrogens (tertiary/aromatic N) is 2. The molecule has 1 atom stereocenters. The molecule has 0 aliphatic rings. The Balaban J connectivity index is 1.36. The second-order valence-corrected chi connectivity index (χ2v) is 10.1. The van der Waals surface area contributed by atoms with Crippen LogP contribution in [0.15, 0.2) is 77.4 Å². The highest BCUT2D eigenvalue weighted by Crippen LogP contribution is 2.36. The molecule has 3 N–H and O–H groups in total. The van der Waals surface area contributed by atoms with Gasteiger partial charge in [0.15, 0.2) is 0 Å². The molecule has 5 aromatic rings. The summed E-state index contributed by atoms with van der Waals surface area (Å²) in [7, 11) is 0. The van der Waals surface area contributed by atoms with Gasteiger partial charge in [-0.1, -0.05) is 59.6 Å². The molecule has 0 saturated heterocycles. The van der Waals surface area contributed by atoms with Crippen LogP contribution in [0.25, 0.3) is 22.2 Å². The van der Waals surface area contributed by atoms with Crippen molar-refractivity contribution in [3.8, 4) is 22.6 Å². The van der Waals surface area contributed by atoms with E-state index in [9.17, 15) is 9.50 Å². The van der Waals surface area contributed by atoms with Gasteiger partial charge in [0.25, 0.3) is 0 Å². The number of aliphatic hydroxyl groups is 2. The summed E-state index contributed by atoms with van der Waals surface area (Å²) in [5.41, 5.74) is 5.11. The molecule has 0 fully saturated rings. The Bertz CT molecular complexity index is 1630. The molecule has 0 spiro atoms. The van der Waals surface area contributed by atoms with Gasteiger partial charge in [0, 0.05) is 35.8 Å². The van der Waals surface area contributed by atoms with E-state index in [0.29, 0.717) is 39.1 Å². The molecule has 0 amide bonds. The summed E-state index contributed by atoms with van der Waals surface area (Å²) in [5.74, 6) is 0.580. The van der Waals surface area contributed by atoms with Crippen LogP contribution in [0.3, 0.4) is 0 Å². The largest absolute Gasteiger partial charge is 0.488 e. The van der Waals surface area contributed by atoms with Gasteiger partial charge in [-0.2, -0.15) is 0 Å². The highest BCUT2D eigenvalue weighted by Gasteiger charge is 2.15. The van der Waals surface area contributed by atoms with E-state index in [2.05, 4.69) is 15.6 Å². The zero-order chi connectivity index (χ0) is 28.8. The molecule has 41 heavy (non-hydrogen) atoms. The van der Waals surface area contributed by atoms with Gasteiger partial charge in [0.1, 0.15) is 41.6 Å². The maximum absolute atomic E-state index is 13.4. The minimum absolute atomic E-state index is 0.128. The molecule has 0 saturated carbocycles. The van der Waals surface area contributed by atoms with E-state index in [4.69, 9.17) is 42.4 Å². The highest BCUT2D eigenvalue weighted by atomic mass is 35.5. The Labute approximate surface area is 245 Å². The lowest BCUT2D eigenvalue weighted by molar-refractivity contribution is 0.0941. The summed E-state index contributed by atoms with van der Waals surface area (Å²) in [6.07, 6.45) is -0.893. The monoisotopic (exact) mass is 597 g/mol. The second kappa shape index (κ2) is 13.3. The molecular weight excluding hydrogens is 572 g/mol. The summed E-state index contributed by atoms with van der Waals surface area (Å²) in [5, 5.41) is 30.4. The average molecular weight is 598 g/mol. The van der Waals surface area contributed by atoms with Gasteiger partial charge in [-0.25, -0.2) is 9.02 Å². The second-order valence-electron chi connectivity index (χ2n) is 9.31. The molecule has 1 unspecified atom stereocenters. The number of halogens is 3. The van der Waals surface area contributed by atoms with E-state index in [-0.39, 0.29) is 32.2 Å². The van der Waals surface area contributed by atoms with Crippen LogP contribution in [0, 0.1) is 5.82 Å². The van der Waals surface area contributed by atoms with Crippen LogP contribution in [-0.2, 0) is 19.8 Å². The van der Waals surface area contributed by atoms with Crippen molar-refractivity contribution in [1.29, 1.82) is 0 Å². The van der Waals surface area contributed by atoms with Crippen molar-refractivity contribution < 1.29 is 28.7 Å². The maximum atomic E-state index is 13.4. The first-order chi connectivity index (χ1) is 19.9. The van der Waals surface area contributed by atoms with Gasteiger partial charge in [-0.3, -0.25) is 0 Å². The molecule has 0 radical (unpaired) electrons. The zero-order valence-electron chi connectivity index (χ0n) is 21.7. The van der Waals surface area contributed by atoms with Crippen LogP contribution in [-0.4, -0.2) is 39.8 Å². The lowest BCUT2D eigenvalue weighted by Crippen LogP contribution is -2.29. The zero-order valence-corrected chi connectivity index (χ0v) is 23.2. The van der Waals surface area contributed by atoms with Crippen LogP contribution in [0.5, 0.6) is 11.5 Å². The topological polar surface area (TPSA) is 110 Å². The molecule has 212 valence electrons. The lowest BCUT2D eigenvalue weighted by Gasteiger charge is -2.17. The van der Waals surface area contributed by atoms with Gasteiger partial charge in [-0.15, -0.1) is 0 Å². The van der Waals surface area contributed by atoms with Crippen molar-refractivity contribution in [2.75, 3.05) is 13.2 Å². The van der Waals surface area contributed by atoms with E-state index in [1.165, 1.54) is 12.1 Å². The van der Waals surface area contributed by atoms with Crippen molar-refractivity contribution in [1.82, 2.24) is 15.6 Å². The van der Waals surface area contributed by atoms with Gasteiger partial charge in [0.2, 0.25) is 0 Å². The standard InChI is InChI=1S/C30H26Cl2FN3O5/c31-25-11-21(13-34-14-23(38)15-37)28(39-16-18-4-9-26-27(10-18)36-41-35-26)12-29(25)40-17-20-2-1-3-24(30(20)32)19-5-7-22(33)8-6-19/h1-12,23,34,37-38H,13-17H2. The van der Waals surface area contributed by atoms with Crippen LogP contribution < -0.4 is 14.8 Å². The van der Waals surface area contributed by atoms with E-state index in [1.54, 1.807) is 30.3 Å². The minimum Gasteiger partial charge on any atom is -0.488 e. The Kier molecular flexibility index (Phi) is 9.33. The molecule has 5 rings (SSSR count). The molecule has 4 aromatic carbocycles. The van der Waals surface area contributed by atoms with Gasteiger partial charge in [-0.05, 0) is 51.8 Å². The predicted octanol–water partition coefficient (Wildman–Crippen LogP) is 5.94. The van der Waals surface area contributed by atoms with E-state index in [1.807, 2.05) is 30.3 Å². The number of ether oxygens (including phenoxy) is 2. The third kappa shape index (κ3) is 7.13. The first kappa shape index (κ1) is 28.8. The first-order valence-electron chi connectivity index (χ1n) is 12.7.